The van der Waals surface area contributed by atoms with Crippen LogP contribution in [-0.2, 0) is 19.1 Å². The van der Waals surface area contributed by atoms with Gasteiger partial charge in [0.05, 0.1) is 12.0 Å². The topological polar surface area (TPSA) is 80.7 Å². The maximum Gasteiger partial charge on any atom is 0.306 e. The number of ether oxygens (including phenoxy) is 1. The lowest BCUT2D eigenvalue weighted by Crippen LogP contribution is -2.70. The maximum atomic E-state index is 17.3. The number of hydrogen-bond donors (Lipinski definition) is 1. The van der Waals surface area contributed by atoms with Gasteiger partial charge in [0.1, 0.15) is 0 Å². The van der Waals surface area contributed by atoms with Crippen LogP contribution >= 0.6 is 11.6 Å². The van der Waals surface area contributed by atoms with Gasteiger partial charge in [-0.3, -0.25) is 14.4 Å². The largest absolute Gasteiger partial charge is 0.450 e. The summed E-state index contributed by atoms with van der Waals surface area (Å²) in [7, 11) is 0. The number of aliphatic hydroxyl groups excluding tert-OH is 1. The van der Waals surface area contributed by atoms with Crippen molar-refractivity contribution in [2.75, 3.05) is 5.88 Å². The summed E-state index contributed by atoms with van der Waals surface area (Å²) in [6.45, 7) is 6.98. The fourth-order valence-electron chi connectivity index (χ4n) is 8.01. The van der Waals surface area contributed by atoms with Crippen LogP contribution in [0.25, 0.3) is 0 Å². The van der Waals surface area contributed by atoms with E-state index in [9.17, 15) is 23.9 Å². The molecule has 0 aromatic rings. The third-order valence-corrected chi connectivity index (χ3v) is 9.78. The second kappa shape index (κ2) is 8.22. The average molecular weight is 499 g/mol. The van der Waals surface area contributed by atoms with Gasteiger partial charge >= 0.3 is 5.97 Å². The number of fused-ring (bicyclic) bond motifs is 5. The summed E-state index contributed by atoms with van der Waals surface area (Å²) < 4.78 is 38.0. The van der Waals surface area contributed by atoms with Gasteiger partial charge in [0.25, 0.3) is 0 Å². The zero-order chi connectivity index (χ0) is 25.3. The van der Waals surface area contributed by atoms with Gasteiger partial charge in [-0.1, -0.05) is 26.8 Å². The molecule has 0 unspecified atom stereocenters. The van der Waals surface area contributed by atoms with Crippen molar-refractivity contribution in [1.82, 2.24) is 0 Å². The molecule has 0 aromatic carbocycles. The predicted octanol–water partition coefficient (Wildman–Crippen LogP) is 4.79. The van der Waals surface area contributed by atoms with Crippen molar-refractivity contribution >= 4 is 29.1 Å². The standard InChI is InChI=1S/C26H33ClF2O5/c1-5-6-21(33)34-26(20(32)13-27)14(2)11-17-15-7-8-16-22(28)18(30)9-10-23(16,3)25(15,29)19(31)12-24(17,26)4/h9-10,14-15,17,19,31H,5-8,11-13H2,1-4H3/t14-,15-,17-,19-,23-,24-,25-,26+/m0/s1. The van der Waals surface area contributed by atoms with Gasteiger partial charge < -0.3 is 9.84 Å². The molecule has 0 heterocycles. The van der Waals surface area contributed by atoms with E-state index in [1.165, 1.54) is 6.08 Å². The molecule has 4 rings (SSSR count). The Labute approximate surface area is 203 Å². The molecule has 0 amide bonds. The van der Waals surface area contributed by atoms with Crippen molar-refractivity contribution < 1.29 is 33.0 Å². The van der Waals surface area contributed by atoms with Crippen LogP contribution < -0.4 is 0 Å². The minimum Gasteiger partial charge on any atom is -0.450 e. The summed E-state index contributed by atoms with van der Waals surface area (Å²) in [4.78, 5) is 38.0. The maximum absolute atomic E-state index is 17.3. The smallest absolute Gasteiger partial charge is 0.306 e. The number of allylic oxidation sites excluding steroid dienone is 4. The molecule has 0 aromatic heterocycles. The van der Waals surface area contributed by atoms with Crippen LogP contribution in [0.3, 0.4) is 0 Å². The number of alkyl halides is 2. The second-order valence-corrected chi connectivity index (χ2v) is 11.3. The van der Waals surface area contributed by atoms with Crippen molar-refractivity contribution in [3.63, 3.8) is 0 Å². The molecule has 4 aliphatic rings. The Kier molecular flexibility index (Phi) is 6.17. The first-order valence-electron chi connectivity index (χ1n) is 12.2. The van der Waals surface area contributed by atoms with Crippen molar-refractivity contribution in [2.45, 2.75) is 83.6 Å². The molecule has 3 fully saturated rings. The summed E-state index contributed by atoms with van der Waals surface area (Å²) in [5.41, 5.74) is -6.27. The third-order valence-electron chi connectivity index (χ3n) is 9.54. The average Bonchev–Trinajstić information content (AvgIpc) is 2.99. The number of ketones is 2. The van der Waals surface area contributed by atoms with Crippen LogP contribution in [0.4, 0.5) is 8.78 Å². The van der Waals surface area contributed by atoms with Gasteiger partial charge in [-0.15, -0.1) is 11.6 Å². The Morgan fingerprint density at radius 1 is 1.29 bits per heavy atom. The third kappa shape index (κ3) is 2.95. The minimum atomic E-state index is -2.24. The molecule has 188 valence electrons. The van der Waals surface area contributed by atoms with Crippen molar-refractivity contribution in [3.8, 4) is 0 Å². The molecule has 0 bridgehead atoms. The van der Waals surface area contributed by atoms with E-state index in [-0.39, 0.29) is 37.1 Å². The summed E-state index contributed by atoms with van der Waals surface area (Å²) in [6.07, 6.45) is 2.20. The fourth-order valence-corrected chi connectivity index (χ4v) is 8.21. The van der Waals surface area contributed by atoms with E-state index >= 15 is 4.39 Å². The van der Waals surface area contributed by atoms with Gasteiger partial charge in [0, 0.05) is 29.1 Å². The van der Waals surface area contributed by atoms with E-state index in [2.05, 4.69) is 0 Å². The number of carbonyl (C=O) groups excluding carboxylic acids is 3. The molecular formula is C26H33ClF2O5. The highest BCUT2D eigenvalue weighted by atomic mass is 35.5. The second-order valence-electron chi connectivity index (χ2n) is 11.0. The minimum absolute atomic E-state index is 0.0879. The molecule has 1 N–H and O–H groups in total. The van der Waals surface area contributed by atoms with E-state index < -0.39 is 69.3 Å². The van der Waals surface area contributed by atoms with Gasteiger partial charge in [-0.25, -0.2) is 8.78 Å². The van der Waals surface area contributed by atoms with Crippen LogP contribution in [0, 0.1) is 28.6 Å². The highest BCUT2D eigenvalue weighted by Crippen LogP contribution is 2.71. The van der Waals surface area contributed by atoms with Crippen LogP contribution in [0.2, 0.25) is 0 Å². The lowest BCUT2D eigenvalue weighted by Gasteiger charge is -2.62. The quantitative estimate of drug-likeness (QED) is 0.435. The number of carbonyl (C=O) groups is 3. The van der Waals surface area contributed by atoms with Gasteiger partial charge in [-0.2, -0.15) is 0 Å². The molecule has 0 radical (unpaired) electrons. The lowest BCUT2D eigenvalue weighted by atomic mass is 9.44. The molecule has 0 saturated heterocycles. The molecule has 0 spiro atoms. The first-order valence-corrected chi connectivity index (χ1v) is 12.7. The first-order chi connectivity index (χ1) is 15.8. The van der Waals surface area contributed by atoms with Gasteiger partial charge in [0.15, 0.2) is 22.9 Å². The van der Waals surface area contributed by atoms with Crippen molar-refractivity contribution in [3.05, 3.63) is 23.6 Å². The normalized spacial score (nSPS) is 45.5. The molecule has 4 aliphatic carbocycles. The van der Waals surface area contributed by atoms with Crippen LogP contribution in [-0.4, -0.2) is 45.9 Å². The summed E-state index contributed by atoms with van der Waals surface area (Å²) >= 11 is 6.02. The lowest BCUT2D eigenvalue weighted by molar-refractivity contribution is -0.227. The molecule has 8 heteroatoms. The Hall–Kier alpha value is -1.60. The van der Waals surface area contributed by atoms with Gasteiger partial charge in [0.2, 0.25) is 5.78 Å². The number of hydrogen-bond acceptors (Lipinski definition) is 5. The summed E-state index contributed by atoms with van der Waals surface area (Å²) in [5, 5.41) is 11.4. The van der Waals surface area contributed by atoms with E-state index in [1.54, 1.807) is 13.8 Å². The van der Waals surface area contributed by atoms with Crippen LogP contribution in [0.15, 0.2) is 23.6 Å². The Balaban J connectivity index is 1.85. The Bertz CT molecular complexity index is 994. The summed E-state index contributed by atoms with van der Waals surface area (Å²) in [5.74, 6) is -4.62. The fraction of sp³-hybridized carbons (Fsp3) is 0.731. The SMILES string of the molecule is CCCC(=O)O[C@@]1(C(=O)CCl)[C@@H](C)C[C@H]2[C@@H]3CCC4=C(F)C(=O)C=C[C@]4(C)[C@@]3(F)[C@@H](O)C[C@@]21C. The Morgan fingerprint density at radius 3 is 2.59 bits per heavy atom. The number of Topliss-reactive ketones (excluding diaryl/α,β-unsaturated/α-hetero) is 1. The van der Waals surface area contributed by atoms with Gasteiger partial charge in [-0.05, 0) is 56.6 Å². The van der Waals surface area contributed by atoms with Crippen molar-refractivity contribution in [1.29, 1.82) is 0 Å². The molecule has 3 saturated carbocycles. The molecular weight excluding hydrogens is 466 g/mol. The summed E-state index contributed by atoms with van der Waals surface area (Å²) in [6, 6.07) is 0. The molecule has 5 nitrogen and oxygen atoms in total. The zero-order valence-electron chi connectivity index (χ0n) is 20.1. The van der Waals surface area contributed by atoms with E-state index in [0.717, 1.165) is 6.08 Å². The van der Waals surface area contributed by atoms with E-state index in [0.29, 0.717) is 12.8 Å². The number of esters is 1. The highest BCUT2D eigenvalue weighted by molar-refractivity contribution is 6.29. The Morgan fingerprint density at radius 2 is 1.97 bits per heavy atom. The van der Waals surface area contributed by atoms with Crippen LogP contribution in [0.1, 0.15) is 66.2 Å². The highest BCUT2D eigenvalue weighted by Gasteiger charge is 2.77. The predicted molar refractivity (Wildman–Crippen MR) is 122 cm³/mol. The number of halogens is 3. The number of aliphatic hydroxyl groups is 1. The van der Waals surface area contributed by atoms with Crippen molar-refractivity contribution in [2.24, 2.45) is 28.6 Å². The van der Waals surface area contributed by atoms with Crippen LogP contribution in [0.5, 0.6) is 0 Å². The number of rotatable bonds is 5. The first kappa shape index (κ1) is 25.5. The molecule has 34 heavy (non-hydrogen) atoms. The zero-order valence-corrected chi connectivity index (χ0v) is 20.9. The van der Waals surface area contributed by atoms with E-state index in [4.69, 9.17) is 16.3 Å². The molecule has 8 atom stereocenters. The monoisotopic (exact) mass is 498 g/mol. The molecule has 0 aliphatic heterocycles. The van der Waals surface area contributed by atoms with E-state index in [1.807, 2.05) is 13.8 Å².